The molecule has 0 unspecified atom stereocenters. The van der Waals surface area contributed by atoms with Crippen molar-refractivity contribution in [1.82, 2.24) is 0 Å². The topological polar surface area (TPSA) is 87.6 Å². The lowest BCUT2D eigenvalue weighted by Gasteiger charge is -2.30. The Balaban J connectivity index is 3.04. The Bertz CT molecular complexity index is 520. The second-order valence-electron chi connectivity index (χ2n) is 5.36. The van der Waals surface area contributed by atoms with E-state index >= 15 is 0 Å². The molecule has 0 spiro atoms. The SMILES string of the molecule is COc1cc(CC[C@@](N)(C(N)=O)C(C)C)c(OC)cc1Br. The van der Waals surface area contributed by atoms with E-state index < -0.39 is 11.4 Å². The first-order chi connectivity index (χ1) is 9.76. The second kappa shape index (κ2) is 7.13. The number of rotatable bonds is 7. The lowest BCUT2D eigenvalue weighted by atomic mass is 9.81. The van der Waals surface area contributed by atoms with Gasteiger partial charge in [-0.25, -0.2) is 0 Å². The highest BCUT2D eigenvalue weighted by Crippen LogP contribution is 2.34. The van der Waals surface area contributed by atoms with Gasteiger partial charge in [-0.05, 0) is 52.4 Å². The van der Waals surface area contributed by atoms with E-state index in [4.69, 9.17) is 20.9 Å². The van der Waals surface area contributed by atoms with Crippen molar-refractivity contribution in [2.45, 2.75) is 32.2 Å². The van der Waals surface area contributed by atoms with Crippen LogP contribution in [-0.2, 0) is 11.2 Å². The molecule has 0 aliphatic rings. The summed E-state index contributed by atoms with van der Waals surface area (Å²) in [5.74, 6) is 0.897. The van der Waals surface area contributed by atoms with Crippen molar-refractivity contribution in [3.8, 4) is 11.5 Å². The first-order valence-electron chi connectivity index (χ1n) is 6.75. The summed E-state index contributed by atoms with van der Waals surface area (Å²) in [5.41, 5.74) is 11.5. The summed E-state index contributed by atoms with van der Waals surface area (Å²) in [7, 11) is 3.20. The Hall–Kier alpha value is -1.27. The fourth-order valence-electron chi connectivity index (χ4n) is 2.16. The van der Waals surface area contributed by atoms with Gasteiger partial charge in [-0.15, -0.1) is 0 Å². The highest BCUT2D eigenvalue weighted by molar-refractivity contribution is 9.10. The number of hydrogen-bond acceptors (Lipinski definition) is 4. The van der Waals surface area contributed by atoms with E-state index in [0.29, 0.717) is 18.6 Å². The molecule has 0 fully saturated rings. The zero-order chi connectivity index (χ0) is 16.2. The standard InChI is InChI=1S/C15H23BrN2O3/c1-9(2)15(18,14(17)19)6-5-10-7-13(21-4)11(16)8-12(10)20-3/h7-9H,5-6,18H2,1-4H3,(H2,17,19)/t15-/m0/s1. The molecule has 0 bridgehead atoms. The maximum Gasteiger partial charge on any atom is 0.237 e. The fraction of sp³-hybridized carbons (Fsp3) is 0.533. The molecule has 0 aliphatic heterocycles. The summed E-state index contributed by atoms with van der Waals surface area (Å²) >= 11 is 3.42. The van der Waals surface area contributed by atoms with Gasteiger partial charge in [-0.3, -0.25) is 4.79 Å². The van der Waals surface area contributed by atoms with Gasteiger partial charge < -0.3 is 20.9 Å². The van der Waals surface area contributed by atoms with Gasteiger partial charge >= 0.3 is 0 Å². The normalized spacial score (nSPS) is 13.9. The van der Waals surface area contributed by atoms with Crippen LogP contribution in [0.4, 0.5) is 0 Å². The van der Waals surface area contributed by atoms with Gasteiger partial charge in [0.1, 0.15) is 11.5 Å². The van der Waals surface area contributed by atoms with Crippen molar-refractivity contribution in [2.24, 2.45) is 17.4 Å². The smallest absolute Gasteiger partial charge is 0.237 e. The minimum atomic E-state index is -1.04. The van der Waals surface area contributed by atoms with Crippen molar-refractivity contribution in [3.63, 3.8) is 0 Å². The van der Waals surface area contributed by atoms with Crippen molar-refractivity contribution in [1.29, 1.82) is 0 Å². The van der Waals surface area contributed by atoms with Gasteiger partial charge in [0.05, 0.1) is 24.2 Å². The molecule has 1 aromatic rings. The molecule has 0 aliphatic carbocycles. The van der Waals surface area contributed by atoms with Crippen LogP contribution in [-0.4, -0.2) is 25.7 Å². The predicted octanol–water partition coefficient (Wildman–Crippen LogP) is 2.24. The average Bonchev–Trinajstić information content (AvgIpc) is 2.44. The van der Waals surface area contributed by atoms with Crippen LogP contribution in [0.1, 0.15) is 25.8 Å². The number of amides is 1. The van der Waals surface area contributed by atoms with Gasteiger partial charge in [0, 0.05) is 0 Å². The van der Waals surface area contributed by atoms with E-state index in [2.05, 4.69) is 15.9 Å². The Labute approximate surface area is 134 Å². The Morgan fingerprint density at radius 1 is 1.29 bits per heavy atom. The van der Waals surface area contributed by atoms with E-state index in [1.165, 1.54) is 0 Å². The summed E-state index contributed by atoms with van der Waals surface area (Å²) in [4.78, 5) is 11.6. The van der Waals surface area contributed by atoms with E-state index in [1.54, 1.807) is 14.2 Å². The van der Waals surface area contributed by atoms with Gasteiger partial charge in [0.25, 0.3) is 0 Å². The Morgan fingerprint density at radius 2 is 1.86 bits per heavy atom. The summed E-state index contributed by atoms with van der Waals surface area (Å²) < 4.78 is 11.5. The first kappa shape index (κ1) is 17.8. The quantitative estimate of drug-likeness (QED) is 0.782. The van der Waals surface area contributed by atoms with Crippen LogP contribution in [0.2, 0.25) is 0 Å². The molecule has 0 saturated heterocycles. The van der Waals surface area contributed by atoms with Gasteiger partial charge in [0.15, 0.2) is 0 Å². The highest BCUT2D eigenvalue weighted by Gasteiger charge is 2.35. The molecule has 0 saturated carbocycles. The van der Waals surface area contributed by atoms with Crippen LogP contribution >= 0.6 is 15.9 Å². The van der Waals surface area contributed by atoms with Crippen LogP contribution < -0.4 is 20.9 Å². The first-order valence-corrected chi connectivity index (χ1v) is 7.54. The Kier molecular flexibility index (Phi) is 6.04. The van der Waals surface area contributed by atoms with E-state index in [1.807, 2.05) is 26.0 Å². The number of methoxy groups -OCH3 is 2. The number of hydrogen-bond donors (Lipinski definition) is 2. The van der Waals surface area contributed by atoms with Gasteiger partial charge in [-0.2, -0.15) is 0 Å². The minimum Gasteiger partial charge on any atom is -0.496 e. The molecule has 21 heavy (non-hydrogen) atoms. The zero-order valence-corrected chi connectivity index (χ0v) is 14.5. The molecule has 0 heterocycles. The summed E-state index contributed by atoms with van der Waals surface area (Å²) in [5, 5.41) is 0. The van der Waals surface area contributed by atoms with Crippen molar-refractivity contribution >= 4 is 21.8 Å². The largest absolute Gasteiger partial charge is 0.496 e. The van der Waals surface area contributed by atoms with Crippen LogP contribution in [0.5, 0.6) is 11.5 Å². The molecular weight excluding hydrogens is 336 g/mol. The average molecular weight is 359 g/mol. The van der Waals surface area contributed by atoms with Gasteiger partial charge in [0.2, 0.25) is 5.91 Å². The number of carbonyl (C=O) groups is 1. The number of carbonyl (C=O) groups excluding carboxylic acids is 1. The maximum absolute atomic E-state index is 11.6. The van der Waals surface area contributed by atoms with Crippen molar-refractivity contribution in [2.75, 3.05) is 14.2 Å². The molecule has 0 radical (unpaired) electrons. The van der Waals surface area contributed by atoms with Crippen molar-refractivity contribution in [3.05, 3.63) is 22.2 Å². The molecule has 118 valence electrons. The lowest BCUT2D eigenvalue weighted by Crippen LogP contribution is -2.56. The van der Waals surface area contributed by atoms with Crippen LogP contribution in [0, 0.1) is 5.92 Å². The van der Waals surface area contributed by atoms with Crippen LogP contribution in [0.15, 0.2) is 16.6 Å². The number of aryl methyl sites for hydroxylation is 1. The lowest BCUT2D eigenvalue weighted by molar-refractivity contribution is -0.124. The third-order valence-corrected chi connectivity index (χ3v) is 4.47. The van der Waals surface area contributed by atoms with E-state index in [-0.39, 0.29) is 5.92 Å². The predicted molar refractivity (Wildman–Crippen MR) is 86.5 cm³/mol. The summed E-state index contributed by atoms with van der Waals surface area (Å²) in [6, 6.07) is 3.72. The molecule has 6 heteroatoms. The van der Waals surface area contributed by atoms with Crippen molar-refractivity contribution < 1.29 is 14.3 Å². The number of nitrogens with two attached hydrogens (primary N) is 2. The number of benzene rings is 1. The molecular formula is C15H23BrN2O3. The van der Waals surface area contributed by atoms with E-state index in [9.17, 15) is 4.79 Å². The molecule has 5 nitrogen and oxygen atoms in total. The molecule has 0 aromatic heterocycles. The molecule has 4 N–H and O–H groups in total. The third-order valence-electron chi connectivity index (χ3n) is 3.85. The van der Waals surface area contributed by atoms with Gasteiger partial charge in [-0.1, -0.05) is 13.8 Å². The second-order valence-corrected chi connectivity index (χ2v) is 6.21. The highest BCUT2D eigenvalue weighted by atomic mass is 79.9. The summed E-state index contributed by atoms with van der Waals surface area (Å²) in [6.07, 6.45) is 1.02. The summed E-state index contributed by atoms with van der Waals surface area (Å²) in [6.45, 7) is 3.79. The monoisotopic (exact) mass is 358 g/mol. The third kappa shape index (κ3) is 3.89. The molecule has 1 rings (SSSR count). The number of primary amides is 1. The molecule has 1 atom stereocenters. The van der Waals surface area contributed by atoms with Crippen LogP contribution in [0.3, 0.4) is 0 Å². The molecule has 1 aromatic carbocycles. The molecule has 1 amide bonds. The Morgan fingerprint density at radius 3 is 2.29 bits per heavy atom. The van der Waals surface area contributed by atoms with E-state index in [0.717, 1.165) is 15.8 Å². The number of halogens is 1. The maximum atomic E-state index is 11.6. The number of ether oxygens (including phenoxy) is 2. The minimum absolute atomic E-state index is 0.0432. The van der Waals surface area contributed by atoms with Crippen LogP contribution in [0.25, 0.3) is 0 Å². The fourth-order valence-corrected chi connectivity index (χ4v) is 2.64. The zero-order valence-electron chi connectivity index (χ0n) is 12.9.